The summed E-state index contributed by atoms with van der Waals surface area (Å²) in [5.74, 6) is -2.03. The SMILES string of the molecule is Cn1cc(-n2nc(-c3ccc(Cl)cc3)cc(C(=O)NCC(=O)O)c2=O)cn1. The summed E-state index contributed by atoms with van der Waals surface area (Å²) in [6.45, 7) is -0.607. The average molecular weight is 388 g/mol. The molecular weight excluding hydrogens is 374 g/mol. The fourth-order valence-corrected chi connectivity index (χ4v) is 2.49. The Labute approximate surface area is 157 Å². The minimum Gasteiger partial charge on any atom is -0.480 e. The highest BCUT2D eigenvalue weighted by Crippen LogP contribution is 2.20. The molecule has 3 rings (SSSR count). The molecule has 138 valence electrons. The summed E-state index contributed by atoms with van der Waals surface area (Å²) in [5, 5.41) is 19.8. The van der Waals surface area contributed by atoms with Gasteiger partial charge in [0.25, 0.3) is 11.5 Å². The van der Waals surface area contributed by atoms with Crippen LogP contribution in [0.1, 0.15) is 10.4 Å². The molecule has 0 radical (unpaired) electrons. The number of carbonyl (C=O) groups excluding carboxylic acids is 1. The van der Waals surface area contributed by atoms with Gasteiger partial charge in [0.2, 0.25) is 0 Å². The number of aryl methyl sites for hydroxylation is 1. The zero-order valence-electron chi connectivity index (χ0n) is 14.1. The molecule has 0 aliphatic rings. The number of amides is 1. The molecule has 2 aromatic heterocycles. The first-order valence-corrected chi connectivity index (χ1v) is 8.12. The van der Waals surface area contributed by atoms with Crippen molar-refractivity contribution in [2.75, 3.05) is 6.54 Å². The number of benzene rings is 1. The van der Waals surface area contributed by atoms with E-state index in [1.54, 1.807) is 37.5 Å². The third-order valence-electron chi connectivity index (χ3n) is 3.63. The van der Waals surface area contributed by atoms with Crippen molar-refractivity contribution < 1.29 is 14.7 Å². The number of carboxylic acids is 1. The third kappa shape index (κ3) is 4.04. The first-order valence-electron chi connectivity index (χ1n) is 7.74. The fraction of sp³-hybridized carbons (Fsp3) is 0.118. The minimum atomic E-state index is -1.22. The molecule has 27 heavy (non-hydrogen) atoms. The van der Waals surface area contributed by atoms with Gasteiger partial charge in [-0.3, -0.25) is 19.1 Å². The molecule has 10 heteroatoms. The van der Waals surface area contributed by atoms with Crippen LogP contribution >= 0.6 is 11.6 Å². The number of nitrogens with one attached hydrogen (secondary N) is 1. The summed E-state index contributed by atoms with van der Waals surface area (Å²) >= 11 is 5.90. The van der Waals surface area contributed by atoms with E-state index in [2.05, 4.69) is 15.5 Å². The molecule has 0 unspecified atom stereocenters. The minimum absolute atomic E-state index is 0.236. The maximum absolute atomic E-state index is 12.7. The van der Waals surface area contributed by atoms with Gasteiger partial charge in [-0.15, -0.1) is 0 Å². The van der Waals surface area contributed by atoms with Crippen molar-refractivity contribution >= 4 is 23.5 Å². The van der Waals surface area contributed by atoms with Crippen LogP contribution in [0.15, 0.2) is 47.5 Å². The van der Waals surface area contributed by atoms with Crippen LogP contribution in [-0.4, -0.2) is 43.1 Å². The number of carboxylic acid groups (broad SMARTS) is 1. The molecule has 1 amide bonds. The summed E-state index contributed by atoms with van der Waals surface area (Å²) in [6.07, 6.45) is 3.00. The van der Waals surface area contributed by atoms with E-state index < -0.39 is 24.0 Å². The number of rotatable bonds is 5. The van der Waals surface area contributed by atoms with Crippen LogP contribution in [0.25, 0.3) is 16.9 Å². The second-order valence-corrected chi connectivity index (χ2v) is 6.05. The van der Waals surface area contributed by atoms with Crippen LogP contribution in [0.2, 0.25) is 5.02 Å². The van der Waals surface area contributed by atoms with E-state index in [1.807, 2.05) is 0 Å². The van der Waals surface area contributed by atoms with Crippen LogP contribution in [-0.2, 0) is 11.8 Å². The molecule has 2 N–H and O–H groups in total. The van der Waals surface area contributed by atoms with E-state index in [0.29, 0.717) is 22.0 Å². The Morgan fingerprint density at radius 2 is 1.96 bits per heavy atom. The molecule has 0 bridgehead atoms. The molecule has 0 saturated heterocycles. The van der Waals surface area contributed by atoms with Gasteiger partial charge in [-0.25, -0.2) is 0 Å². The largest absolute Gasteiger partial charge is 0.480 e. The molecular formula is C17H14ClN5O4. The average Bonchev–Trinajstić information content (AvgIpc) is 3.06. The van der Waals surface area contributed by atoms with Crippen LogP contribution < -0.4 is 10.9 Å². The van der Waals surface area contributed by atoms with Crippen LogP contribution in [0.4, 0.5) is 0 Å². The van der Waals surface area contributed by atoms with Gasteiger partial charge in [-0.05, 0) is 18.2 Å². The Bertz CT molecular complexity index is 1070. The third-order valence-corrected chi connectivity index (χ3v) is 3.88. The monoisotopic (exact) mass is 387 g/mol. The van der Waals surface area contributed by atoms with Crippen LogP contribution in [0.3, 0.4) is 0 Å². The fourth-order valence-electron chi connectivity index (χ4n) is 2.36. The second kappa shape index (κ2) is 7.42. The van der Waals surface area contributed by atoms with Crippen molar-refractivity contribution in [1.82, 2.24) is 24.9 Å². The maximum Gasteiger partial charge on any atom is 0.322 e. The first kappa shape index (κ1) is 18.3. The lowest BCUT2D eigenvalue weighted by atomic mass is 10.1. The first-order chi connectivity index (χ1) is 12.8. The highest BCUT2D eigenvalue weighted by atomic mass is 35.5. The molecule has 0 saturated carbocycles. The van der Waals surface area contributed by atoms with E-state index >= 15 is 0 Å². The number of hydrogen-bond donors (Lipinski definition) is 2. The summed E-state index contributed by atoms with van der Waals surface area (Å²) in [4.78, 5) is 35.8. The van der Waals surface area contributed by atoms with Crippen molar-refractivity contribution in [3.63, 3.8) is 0 Å². The molecule has 1 aromatic carbocycles. The standard InChI is InChI=1S/C17H14ClN5O4/c1-22-9-12(7-20-22)23-17(27)13(16(26)19-8-15(24)25)6-14(21-23)10-2-4-11(18)5-3-10/h2-7,9H,8H2,1H3,(H,19,26)(H,24,25). The van der Waals surface area contributed by atoms with Crippen molar-refractivity contribution in [3.8, 4) is 16.9 Å². The summed E-state index contributed by atoms with van der Waals surface area (Å²) in [6, 6.07) is 8.02. The van der Waals surface area contributed by atoms with E-state index in [9.17, 15) is 14.4 Å². The van der Waals surface area contributed by atoms with Crippen LogP contribution in [0, 0.1) is 0 Å². The maximum atomic E-state index is 12.7. The van der Waals surface area contributed by atoms with Crippen molar-refractivity contribution in [3.05, 3.63) is 63.7 Å². The lowest BCUT2D eigenvalue weighted by molar-refractivity contribution is -0.135. The van der Waals surface area contributed by atoms with E-state index in [4.69, 9.17) is 16.7 Å². The number of aromatic nitrogens is 4. The number of hydrogen-bond acceptors (Lipinski definition) is 5. The number of halogens is 1. The lowest BCUT2D eigenvalue weighted by Crippen LogP contribution is -2.36. The summed E-state index contributed by atoms with van der Waals surface area (Å²) < 4.78 is 2.54. The van der Waals surface area contributed by atoms with Gasteiger partial charge in [-0.1, -0.05) is 23.7 Å². The van der Waals surface area contributed by atoms with Gasteiger partial charge < -0.3 is 10.4 Å². The van der Waals surface area contributed by atoms with E-state index in [0.717, 1.165) is 4.68 Å². The van der Waals surface area contributed by atoms with E-state index in [1.165, 1.54) is 16.9 Å². The van der Waals surface area contributed by atoms with E-state index in [-0.39, 0.29) is 5.56 Å². The van der Waals surface area contributed by atoms with Gasteiger partial charge >= 0.3 is 5.97 Å². The van der Waals surface area contributed by atoms with Crippen molar-refractivity contribution in [1.29, 1.82) is 0 Å². The van der Waals surface area contributed by atoms with Gasteiger partial charge in [-0.2, -0.15) is 14.9 Å². The molecule has 0 aliphatic heterocycles. The summed E-state index contributed by atoms with van der Waals surface area (Å²) in [5.41, 5.74) is 0.411. The number of aliphatic carboxylic acids is 1. The molecule has 3 aromatic rings. The molecule has 0 fully saturated rings. The molecule has 2 heterocycles. The zero-order chi connectivity index (χ0) is 19.6. The Kier molecular flexibility index (Phi) is 5.04. The van der Waals surface area contributed by atoms with Gasteiger partial charge in [0, 0.05) is 17.6 Å². The Hall–Kier alpha value is -3.46. The second-order valence-electron chi connectivity index (χ2n) is 5.62. The predicted octanol–water partition coefficient (Wildman–Crippen LogP) is 1.10. The number of nitrogens with zero attached hydrogens (tertiary/aromatic N) is 4. The molecule has 0 aliphatic carbocycles. The van der Waals surface area contributed by atoms with Gasteiger partial charge in [0.1, 0.15) is 17.8 Å². The zero-order valence-corrected chi connectivity index (χ0v) is 14.8. The Balaban J connectivity index is 2.15. The van der Waals surface area contributed by atoms with Gasteiger partial charge in [0.05, 0.1) is 18.1 Å². The smallest absolute Gasteiger partial charge is 0.322 e. The quantitative estimate of drug-likeness (QED) is 0.676. The summed E-state index contributed by atoms with van der Waals surface area (Å²) in [7, 11) is 1.68. The highest BCUT2D eigenvalue weighted by Gasteiger charge is 2.18. The molecule has 9 nitrogen and oxygen atoms in total. The Morgan fingerprint density at radius 1 is 1.26 bits per heavy atom. The van der Waals surface area contributed by atoms with Crippen molar-refractivity contribution in [2.24, 2.45) is 7.05 Å². The predicted molar refractivity (Wildman–Crippen MR) is 97.0 cm³/mol. The van der Waals surface area contributed by atoms with Gasteiger partial charge in [0.15, 0.2) is 0 Å². The van der Waals surface area contributed by atoms with Crippen LogP contribution in [0.5, 0.6) is 0 Å². The van der Waals surface area contributed by atoms with Crippen molar-refractivity contribution in [2.45, 2.75) is 0 Å². The topological polar surface area (TPSA) is 119 Å². The normalized spacial score (nSPS) is 10.6. The lowest BCUT2D eigenvalue weighted by Gasteiger charge is -2.09. The highest BCUT2D eigenvalue weighted by molar-refractivity contribution is 6.30. The Morgan fingerprint density at radius 3 is 2.56 bits per heavy atom. The molecule has 0 spiro atoms. The molecule has 0 atom stereocenters. The number of carbonyl (C=O) groups is 2.